The van der Waals surface area contributed by atoms with Gasteiger partial charge in [-0.3, -0.25) is 4.79 Å². The van der Waals surface area contributed by atoms with Gasteiger partial charge in [-0.1, -0.05) is 30.3 Å². The number of carbonyl (C=O) groups excluding carboxylic acids is 1. The normalized spacial score (nSPS) is 12.4. The molecule has 0 aromatic heterocycles. The molecule has 1 aliphatic carbocycles. The zero-order valence-corrected chi connectivity index (χ0v) is 17.4. The molecule has 148 valence electrons. The van der Waals surface area contributed by atoms with Gasteiger partial charge >= 0.3 is 0 Å². The van der Waals surface area contributed by atoms with E-state index in [0.717, 1.165) is 12.0 Å². The van der Waals surface area contributed by atoms with Gasteiger partial charge in [-0.25, -0.2) is 13.1 Å². The molecule has 0 atom stereocenters. The topological polar surface area (TPSA) is 75.3 Å². The van der Waals surface area contributed by atoms with E-state index in [1.165, 1.54) is 35.4 Å². The molecule has 4 rings (SSSR count). The number of rotatable bonds is 4. The number of nitrogens with one attached hydrogen (secondary N) is 2. The van der Waals surface area contributed by atoms with E-state index in [0.29, 0.717) is 16.8 Å². The minimum atomic E-state index is -3.65. The van der Waals surface area contributed by atoms with Crippen molar-refractivity contribution in [1.29, 1.82) is 0 Å². The van der Waals surface area contributed by atoms with Crippen molar-refractivity contribution >= 4 is 21.6 Å². The summed E-state index contributed by atoms with van der Waals surface area (Å²) in [5, 5.41) is 2.90. The van der Waals surface area contributed by atoms with Gasteiger partial charge < -0.3 is 5.32 Å². The summed E-state index contributed by atoms with van der Waals surface area (Å²) in [6.07, 6.45) is 0.837. The summed E-state index contributed by atoms with van der Waals surface area (Å²) in [6, 6.07) is 17.3. The van der Waals surface area contributed by atoms with Crippen LogP contribution in [0.3, 0.4) is 0 Å². The Morgan fingerprint density at radius 2 is 1.66 bits per heavy atom. The van der Waals surface area contributed by atoms with E-state index in [1.807, 2.05) is 30.3 Å². The second-order valence-electron chi connectivity index (χ2n) is 7.28. The van der Waals surface area contributed by atoms with E-state index in [-0.39, 0.29) is 10.8 Å². The number of aryl methyl sites for hydroxylation is 1. The van der Waals surface area contributed by atoms with Gasteiger partial charge in [0.05, 0.1) is 4.90 Å². The van der Waals surface area contributed by atoms with Crippen LogP contribution in [-0.2, 0) is 16.4 Å². The second kappa shape index (κ2) is 7.13. The molecule has 0 unspecified atom stereocenters. The molecule has 0 aliphatic heterocycles. The van der Waals surface area contributed by atoms with Crippen LogP contribution in [0, 0.1) is 13.8 Å². The Labute approximate surface area is 170 Å². The molecule has 0 fully saturated rings. The Hall–Kier alpha value is -2.96. The van der Waals surface area contributed by atoms with Gasteiger partial charge in [0, 0.05) is 11.3 Å². The Morgan fingerprint density at radius 3 is 2.41 bits per heavy atom. The Morgan fingerprint density at radius 1 is 0.931 bits per heavy atom. The van der Waals surface area contributed by atoms with Crippen molar-refractivity contribution in [1.82, 2.24) is 4.72 Å². The largest absolute Gasteiger partial charge is 0.322 e. The lowest BCUT2D eigenvalue weighted by atomic mass is 10.0. The first-order valence-electron chi connectivity index (χ1n) is 9.37. The number of hydrogen-bond acceptors (Lipinski definition) is 3. The Bertz CT molecular complexity index is 1250. The van der Waals surface area contributed by atoms with Gasteiger partial charge in [-0.15, -0.1) is 0 Å². The summed E-state index contributed by atoms with van der Waals surface area (Å²) in [6.45, 7) is 3.53. The maximum Gasteiger partial charge on any atom is 0.255 e. The maximum atomic E-state index is 12.8. The fraction of sp³-hybridized carbons (Fsp3) is 0.174. The van der Waals surface area contributed by atoms with Crippen LogP contribution >= 0.6 is 0 Å². The molecule has 2 N–H and O–H groups in total. The average molecular weight is 407 g/mol. The van der Waals surface area contributed by atoms with E-state index in [2.05, 4.69) is 22.2 Å². The lowest BCUT2D eigenvalue weighted by Crippen LogP contribution is -2.21. The first-order valence-corrected chi connectivity index (χ1v) is 10.9. The predicted molar refractivity (Wildman–Crippen MR) is 115 cm³/mol. The van der Waals surface area contributed by atoms with Crippen molar-refractivity contribution in [3.05, 3.63) is 82.4 Å². The van der Waals surface area contributed by atoms with E-state index in [4.69, 9.17) is 0 Å². The number of hydrogen-bond donors (Lipinski definition) is 2. The highest BCUT2D eigenvalue weighted by atomic mass is 32.2. The van der Waals surface area contributed by atoms with Gasteiger partial charge in [0.25, 0.3) is 5.91 Å². The van der Waals surface area contributed by atoms with Gasteiger partial charge in [0.2, 0.25) is 10.0 Å². The van der Waals surface area contributed by atoms with Crippen molar-refractivity contribution in [2.45, 2.75) is 25.2 Å². The molecule has 0 spiro atoms. The van der Waals surface area contributed by atoms with Crippen LogP contribution in [0.1, 0.15) is 32.6 Å². The summed E-state index contributed by atoms with van der Waals surface area (Å²) in [5.74, 6) is -0.337. The molecule has 0 bridgehead atoms. The van der Waals surface area contributed by atoms with Crippen molar-refractivity contribution in [2.24, 2.45) is 0 Å². The van der Waals surface area contributed by atoms with Gasteiger partial charge in [0.1, 0.15) is 0 Å². The van der Waals surface area contributed by atoms with Crippen LogP contribution in [-0.4, -0.2) is 21.4 Å². The summed E-state index contributed by atoms with van der Waals surface area (Å²) in [7, 11) is -2.29. The van der Waals surface area contributed by atoms with E-state index in [1.54, 1.807) is 19.9 Å². The molecule has 3 aromatic carbocycles. The number of sulfonamides is 1. The molecule has 6 heteroatoms. The number of benzene rings is 3. The molecule has 29 heavy (non-hydrogen) atoms. The smallest absolute Gasteiger partial charge is 0.255 e. The van der Waals surface area contributed by atoms with Crippen molar-refractivity contribution in [2.75, 3.05) is 12.4 Å². The molecule has 5 nitrogen and oxygen atoms in total. The molecular weight excluding hydrogens is 384 g/mol. The predicted octanol–water partition coefficient (Wildman–Crippen LogP) is 4.04. The van der Waals surface area contributed by atoms with Crippen molar-refractivity contribution in [3.63, 3.8) is 0 Å². The first kappa shape index (κ1) is 19.4. The third-order valence-corrected chi connectivity index (χ3v) is 7.03. The number of carbonyl (C=O) groups is 1. The first-order chi connectivity index (χ1) is 13.8. The third-order valence-electron chi connectivity index (χ3n) is 5.49. The van der Waals surface area contributed by atoms with Crippen molar-refractivity contribution < 1.29 is 13.2 Å². The van der Waals surface area contributed by atoms with Crippen LogP contribution in [0.15, 0.2) is 59.5 Å². The minimum Gasteiger partial charge on any atom is -0.322 e. The zero-order chi connectivity index (χ0) is 20.8. The van der Waals surface area contributed by atoms with Crippen LogP contribution in [0.4, 0.5) is 5.69 Å². The van der Waals surface area contributed by atoms with Crippen LogP contribution in [0.5, 0.6) is 0 Å². The Balaban J connectivity index is 1.64. The average Bonchev–Trinajstić information content (AvgIpc) is 3.07. The summed E-state index contributed by atoms with van der Waals surface area (Å²) in [4.78, 5) is 13.0. The van der Waals surface area contributed by atoms with E-state index >= 15 is 0 Å². The molecule has 1 aliphatic rings. The highest BCUT2D eigenvalue weighted by Gasteiger charge is 2.21. The third kappa shape index (κ3) is 3.45. The molecule has 0 heterocycles. The monoisotopic (exact) mass is 406 g/mol. The van der Waals surface area contributed by atoms with Crippen LogP contribution in [0.2, 0.25) is 0 Å². The van der Waals surface area contributed by atoms with Gasteiger partial charge in [-0.2, -0.15) is 0 Å². The van der Waals surface area contributed by atoms with Gasteiger partial charge in [0.15, 0.2) is 0 Å². The summed E-state index contributed by atoms with van der Waals surface area (Å²) >= 11 is 0. The fourth-order valence-electron chi connectivity index (χ4n) is 3.77. The number of amides is 1. The van der Waals surface area contributed by atoms with Crippen LogP contribution < -0.4 is 10.0 Å². The number of anilines is 1. The zero-order valence-electron chi connectivity index (χ0n) is 16.5. The highest BCUT2D eigenvalue weighted by Crippen LogP contribution is 2.37. The molecule has 1 amide bonds. The van der Waals surface area contributed by atoms with E-state index < -0.39 is 10.0 Å². The quantitative estimate of drug-likeness (QED) is 0.537. The Kier molecular flexibility index (Phi) is 4.76. The molecule has 0 saturated carbocycles. The summed E-state index contributed by atoms with van der Waals surface area (Å²) in [5.41, 5.74) is 7.25. The maximum absolute atomic E-state index is 12.8. The lowest BCUT2D eigenvalue weighted by molar-refractivity contribution is 0.102. The SMILES string of the molecule is CNS(=O)(=O)c1cc(C(=O)Nc2ccc3c(c2)Cc2ccccc2-3)cc(C)c1C. The lowest BCUT2D eigenvalue weighted by Gasteiger charge is -2.13. The molecule has 0 saturated heterocycles. The van der Waals surface area contributed by atoms with Crippen LogP contribution in [0.25, 0.3) is 11.1 Å². The minimum absolute atomic E-state index is 0.120. The van der Waals surface area contributed by atoms with E-state index in [9.17, 15) is 13.2 Å². The molecular formula is C23H22N2O3S. The fourth-order valence-corrected chi connectivity index (χ4v) is 4.84. The standard InChI is InChI=1S/C23H22N2O3S/c1-14-10-18(13-22(15(14)2)29(27,28)24-3)23(26)25-19-8-9-21-17(12-19)11-16-6-4-5-7-20(16)21/h4-10,12-13,24H,11H2,1-3H3,(H,25,26). The highest BCUT2D eigenvalue weighted by molar-refractivity contribution is 7.89. The molecule has 0 radical (unpaired) electrons. The van der Waals surface area contributed by atoms with Crippen molar-refractivity contribution in [3.8, 4) is 11.1 Å². The number of fused-ring (bicyclic) bond motifs is 3. The second-order valence-corrected chi connectivity index (χ2v) is 9.14. The summed E-state index contributed by atoms with van der Waals surface area (Å²) < 4.78 is 26.9. The molecule has 3 aromatic rings. The van der Waals surface area contributed by atoms with Gasteiger partial charge in [-0.05, 0) is 85.0 Å².